The van der Waals surface area contributed by atoms with Crippen LogP contribution in [0.25, 0.3) is 10.2 Å². The lowest BCUT2D eigenvalue weighted by Crippen LogP contribution is -1.73. The third-order valence-corrected chi connectivity index (χ3v) is 2.28. The molecule has 2 aromatic heterocycles. The van der Waals surface area contributed by atoms with Gasteiger partial charge < -0.3 is 0 Å². The van der Waals surface area contributed by atoms with Crippen LogP contribution in [0.1, 0.15) is 4.88 Å². The standard InChI is InChI=1S/C7H6N2S/c1-5-4-6-2-3-8-9-7(6)10-5/h2-4H,1H3. The number of aryl methyl sites for hydroxylation is 1. The molecule has 0 saturated heterocycles. The summed E-state index contributed by atoms with van der Waals surface area (Å²) in [7, 11) is 0. The number of hydrogen-bond acceptors (Lipinski definition) is 3. The Balaban J connectivity index is 2.88. The molecule has 0 amide bonds. The third kappa shape index (κ3) is 0.789. The van der Waals surface area contributed by atoms with E-state index < -0.39 is 0 Å². The van der Waals surface area contributed by atoms with Gasteiger partial charge in [-0.15, -0.1) is 16.4 Å². The smallest absolute Gasteiger partial charge is 0.146 e. The number of nitrogens with zero attached hydrogens (tertiary/aromatic N) is 2. The van der Waals surface area contributed by atoms with Crippen molar-refractivity contribution >= 4 is 21.6 Å². The molecule has 2 nitrogen and oxygen atoms in total. The van der Waals surface area contributed by atoms with Gasteiger partial charge in [-0.1, -0.05) is 0 Å². The monoisotopic (exact) mass is 150 g/mol. The lowest BCUT2D eigenvalue weighted by Gasteiger charge is -1.80. The molecule has 3 heteroatoms. The predicted molar refractivity (Wildman–Crippen MR) is 42.2 cm³/mol. The summed E-state index contributed by atoms with van der Waals surface area (Å²) in [5, 5.41) is 8.95. The first-order valence-electron chi connectivity index (χ1n) is 3.04. The second kappa shape index (κ2) is 2.02. The maximum atomic E-state index is 3.97. The van der Waals surface area contributed by atoms with Crippen molar-refractivity contribution in [2.24, 2.45) is 0 Å². The minimum Gasteiger partial charge on any atom is -0.158 e. The normalized spacial score (nSPS) is 10.5. The van der Waals surface area contributed by atoms with E-state index in [1.54, 1.807) is 17.5 Å². The molecule has 0 spiro atoms. The van der Waals surface area contributed by atoms with Gasteiger partial charge in [-0.3, -0.25) is 0 Å². The fourth-order valence-electron chi connectivity index (χ4n) is 0.919. The van der Waals surface area contributed by atoms with Gasteiger partial charge in [0.15, 0.2) is 0 Å². The van der Waals surface area contributed by atoms with Gasteiger partial charge in [0.2, 0.25) is 0 Å². The Morgan fingerprint density at radius 2 is 2.40 bits per heavy atom. The van der Waals surface area contributed by atoms with Crippen LogP contribution in [0, 0.1) is 6.92 Å². The lowest BCUT2D eigenvalue weighted by molar-refractivity contribution is 1.09. The summed E-state index contributed by atoms with van der Waals surface area (Å²) < 4.78 is 0. The Kier molecular flexibility index (Phi) is 1.17. The van der Waals surface area contributed by atoms with E-state index in [4.69, 9.17) is 0 Å². The van der Waals surface area contributed by atoms with E-state index >= 15 is 0 Å². The lowest BCUT2D eigenvalue weighted by atomic mass is 10.3. The average Bonchev–Trinajstić information content (AvgIpc) is 2.27. The summed E-state index contributed by atoms with van der Waals surface area (Å²) in [5.41, 5.74) is 0. The van der Waals surface area contributed by atoms with Gasteiger partial charge in [-0.2, -0.15) is 5.10 Å². The largest absolute Gasteiger partial charge is 0.158 e. The van der Waals surface area contributed by atoms with E-state index in [0.717, 1.165) is 4.83 Å². The molecule has 2 heterocycles. The van der Waals surface area contributed by atoms with Gasteiger partial charge in [0.05, 0.1) is 6.20 Å². The first-order chi connectivity index (χ1) is 4.86. The van der Waals surface area contributed by atoms with Gasteiger partial charge in [-0.05, 0) is 19.1 Å². The van der Waals surface area contributed by atoms with Gasteiger partial charge in [0, 0.05) is 10.3 Å². The highest BCUT2D eigenvalue weighted by molar-refractivity contribution is 7.18. The molecule has 0 fully saturated rings. The van der Waals surface area contributed by atoms with Crippen molar-refractivity contribution in [2.45, 2.75) is 6.92 Å². The molecule has 0 unspecified atom stereocenters. The maximum Gasteiger partial charge on any atom is 0.146 e. The van der Waals surface area contributed by atoms with Crippen LogP contribution in [0.5, 0.6) is 0 Å². The zero-order chi connectivity index (χ0) is 6.97. The van der Waals surface area contributed by atoms with Crippen LogP contribution in [-0.4, -0.2) is 10.2 Å². The van der Waals surface area contributed by atoms with Crippen molar-refractivity contribution in [3.63, 3.8) is 0 Å². The molecule has 0 aliphatic heterocycles. The Hall–Kier alpha value is -0.960. The third-order valence-electron chi connectivity index (χ3n) is 1.33. The van der Waals surface area contributed by atoms with Crippen molar-refractivity contribution in [3.8, 4) is 0 Å². The summed E-state index contributed by atoms with van der Waals surface area (Å²) in [4.78, 5) is 2.32. The molecule has 0 N–H and O–H groups in total. The van der Waals surface area contributed by atoms with Crippen molar-refractivity contribution in [3.05, 3.63) is 23.2 Å². The van der Waals surface area contributed by atoms with Gasteiger partial charge in [0.1, 0.15) is 4.83 Å². The fraction of sp³-hybridized carbons (Fsp3) is 0.143. The van der Waals surface area contributed by atoms with Crippen LogP contribution in [0.4, 0.5) is 0 Å². The van der Waals surface area contributed by atoms with Crippen LogP contribution in [0.2, 0.25) is 0 Å². The second-order valence-electron chi connectivity index (χ2n) is 2.15. The SMILES string of the molecule is Cc1cc2ccnnc2s1. The molecule has 0 aliphatic rings. The molecule has 0 saturated carbocycles. The first-order valence-corrected chi connectivity index (χ1v) is 3.86. The highest BCUT2D eigenvalue weighted by atomic mass is 32.1. The number of hydrogen-bond donors (Lipinski definition) is 0. The van der Waals surface area contributed by atoms with E-state index in [2.05, 4.69) is 23.2 Å². The number of fused-ring (bicyclic) bond motifs is 1. The summed E-state index contributed by atoms with van der Waals surface area (Å²) in [5.74, 6) is 0. The fourth-order valence-corrected chi connectivity index (χ4v) is 1.74. The van der Waals surface area contributed by atoms with Crippen molar-refractivity contribution in [1.82, 2.24) is 10.2 Å². The molecule has 0 aromatic carbocycles. The molecule has 2 rings (SSSR count). The van der Waals surface area contributed by atoms with Crippen molar-refractivity contribution in [1.29, 1.82) is 0 Å². The Morgan fingerprint density at radius 1 is 1.50 bits per heavy atom. The average molecular weight is 150 g/mol. The minimum absolute atomic E-state index is 1.03. The summed E-state index contributed by atoms with van der Waals surface area (Å²) in [6.45, 7) is 2.08. The molecule has 2 aromatic rings. The van der Waals surface area contributed by atoms with E-state index in [1.165, 1.54) is 10.3 Å². The summed E-state index contributed by atoms with van der Waals surface area (Å²) in [6.07, 6.45) is 1.72. The number of rotatable bonds is 0. The van der Waals surface area contributed by atoms with Gasteiger partial charge in [0.25, 0.3) is 0 Å². The molecular formula is C7H6N2S. The highest BCUT2D eigenvalue weighted by Crippen LogP contribution is 2.20. The Morgan fingerprint density at radius 3 is 3.20 bits per heavy atom. The van der Waals surface area contributed by atoms with E-state index in [-0.39, 0.29) is 0 Å². The molecule has 0 aliphatic carbocycles. The quantitative estimate of drug-likeness (QED) is 0.574. The number of thiophene rings is 1. The van der Waals surface area contributed by atoms with Crippen LogP contribution >= 0.6 is 11.3 Å². The van der Waals surface area contributed by atoms with Crippen molar-refractivity contribution in [2.75, 3.05) is 0 Å². The molecule has 0 radical (unpaired) electrons. The number of aromatic nitrogens is 2. The van der Waals surface area contributed by atoms with E-state index in [9.17, 15) is 0 Å². The second-order valence-corrected chi connectivity index (χ2v) is 3.38. The van der Waals surface area contributed by atoms with Crippen LogP contribution in [0.3, 0.4) is 0 Å². The summed E-state index contributed by atoms with van der Waals surface area (Å²) in [6, 6.07) is 4.10. The minimum atomic E-state index is 1.03. The van der Waals surface area contributed by atoms with E-state index in [0.29, 0.717) is 0 Å². The van der Waals surface area contributed by atoms with Crippen molar-refractivity contribution < 1.29 is 0 Å². The zero-order valence-electron chi connectivity index (χ0n) is 5.53. The topological polar surface area (TPSA) is 25.8 Å². The van der Waals surface area contributed by atoms with Crippen LogP contribution < -0.4 is 0 Å². The Bertz CT molecular complexity index is 320. The van der Waals surface area contributed by atoms with Gasteiger partial charge in [-0.25, -0.2) is 0 Å². The predicted octanol–water partition coefficient (Wildman–Crippen LogP) is 2.00. The highest BCUT2D eigenvalue weighted by Gasteiger charge is 1.96. The van der Waals surface area contributed by atoms with Crippen LogP contribution in [-0.2, 0) is 0 Å². The molecule has 10 heavy (non-hydrogen) atoms. The van der Waals surface area contributed by atoms with Crippen LogP contribution in [0.15, 0.2) is 18.3 Å². The zero-order valence-corrected chi connectivity index (χ0v) is 6.35. The molecule has 50 valence electrons. The Labute approximate surface area is 62.5 Å². The maximum absolute atomic E-state index is 3.97. The summed E-state index contributed by atoms with van der Waals surface area (Å²) >= 11 is 1.68. The molecular weight excluding hydrogens is 144 g/mol. The molecule has 0 bridgehead atoms. The first kappa shape index (κ1) is 5.80. The van der Waals surface area contributed by atoms with E-state index in [1.807, 2.05) is 6.07 Å². The molecule has 0 atom stereocenters. The van der Waals surface area contributed by atoms with Gasteiger partial charge >= 0.3 is 0 Å².